The van der Waals surface area contributed by atoms with Crippen LogP contribution in [0.15, 0.2) is 40.9 Å². The highest BCUT2D eigenvalue weighted by Gasteiger charge is 2.46. The molecule has 1 aromatic carbocycles. The van der Waals surface area contributed by atoms with E-state index < -0.39 is 47.3 Å². The Morgan fingerprint density at radius 1 is 1.12 bits per heavy atom. The number of carbonyl (C=O) groups excluding carboxylic acids is 1. The molecule has 0 spiro atoms. The SMILES string of the molecule is CCCC[C@@H]([C@@H](O)C(=O)Nc1ccn[nH]1)N(C(=O)O)C(c1nnc(-c2ccc(C(F)(F)F)cc2)o1)C(C)(C)CC. The molecular formula is C26H33F3N6O5. The van der Waals surface area contributed by atoms with Crippen LogP contribution >= 0.6 is 0 Å². The van der Waals surface area contributed by atoms with Crippen LogP contribution in [0, 0.1) is 5.41 Å². The monoisotopic (exact) mass is 566 g/mol. The molecule has 3 rings (SSSR count). The maximum absolute atomic E-state index is 13.0. The summed E-state index contributed by atoms with van der Waals surface area (Å²) in [4.78, 5) is 26.7. The molecular weight excluding hydrogens is 533 g/mol. The Morgan fingerprint density at radius 3 is 2.33 bits per heavy atom. The van der Waals surface area contributed by atoms with E-state index in [-0.39, 0.29) is 29.6 Å². The molecule has 2 aromatic heterocycles. The van der Waals surface area contributed by atoms with Gasteiger partial charge in [0, 0.05) is 11.6 Å². The van der Waals surface area contributed by atoms with Crippen molar-refractivity contribution in [1.29, 1.82) is 0 Å². The maximum atomic E-state index is 13.0. The Bertz CT molecular complexity index is 1260. The van der Waals surface area contributed by atoms with Crippen molar-refractivity contribution in [3.63, 3.8) is 0 Å². The first-order chi connectivity index (χ1) is 18.8. The number of unbranched alkanes of at least 4 members (excludes halogenated alkanes) is 1. The first-order valence-electron chi connectivity index (χ1n) is 12.8. The quantitative estimate of drug-likeness (QED) is 0.224. The second-order valence-electron chi connectivity index (χ2n) is 10.1. The Hall–Kier alpha value is -3.94. The van der Waals surface area contributed by atoms with Crippen LogP contribution in [0.25, 0.3) is 11.5 Å². The van der Waals surface area contributed by atoms with Crippen LogP contribution in [0.2, 0.25) is 0 Å². The van der Waals surface area contributed by atoms with Gasteiger partial charge in [0.1, 0.15) is 11.9 Å². The minimum atomic E-state index is -4.52. The number of alkyl halides is 3. The van der Waals surface area contributed by atoms with E-state index in [1.807, 2.05) is 13.8 Å². The molecule has 11 nitrogen and oxygen atoms in total. The van der Waals surface area contributed by atoms with Gasteiger partial charge in [-0.1, -0.05) is 40.5 Å². The Kier molecular flexibility index (Phi) is 9.56. The number of halogens is 3. The highest BCUT2D eigenvalue weighted by atomic mass is 19.4. The number of aliphatic hydroxyl groups is 1. The molecule has 0 fully saturated rings. The molecule has 0 aliphatic carbocycles. The maximum Gasteiger partial charge on any atom is 0.416 e. The van der Waals surface area contributed by atoms with Crippen LogP contribution < -0.4 is 5.32 Å². The van der Waals surface area contributed by atoms with E-state index in [9.17, 15) is 33.0 Å². The van der Waals surface area contributed by atoms with Gasteiger partial charge in [-0.3, -0.25) is 14.8 Å². The molecule has 0 aliphatic rings. The lowest BCUT2D eigenvalue weighted by molar-refractivity contribution is -0.137. The van der Waals surface area contributed by atoms with E-state index in [0.717, 1.165) is 17.0 Å². The minimum absolute atomic E-state index is 0.103. The molecule has 2 heterocycles. The first kappa shape index (κ1) is 30.6. The molecule has 0 radical (unpaired) electrons. The number of aliphatic hydroxyl groups excluding tert-OH is 1. The van der Waals surface area contributed by atoms with Gasteiger partial charge in [-0.25, -0.2) is 4.79 Å². The zero-order valence-electron chi connectivity index (χ0n) is 22.6. The van der Waals surface area contributed by atoms with Crippen LogP contribution in [0.4, 0.5) is 23.8 Å². The van der Waals surface area contributed by atoms with Crippen LogP contribution in [-0.4, -0.2) is 59.7 Å². The standard InChI is InChI=1S/C26H33F3N6O5/c1-5-7-8-17(19(36)21(37)31-18-13-14-30-32-18)35(24(38)39)20(25(3,4)6-2)23-34-33-22(40-23)15-9-11-16(12-10-15)26(27,28)29/h9-14,17,19-20,36H,5-8H2,1-4H3,(H,38,39)(H2,30,31,32,37)/t17-,19+,20?/m0/s1. The lowest BCUT2D eigenvalue weighted by Gasteiger charge is -2.43. The van der Waals surface area contributed by atoms with E-state index in [1.165, 1.54) is 24.4 Å². The third kappa shape index (κ3) is 6.97. The number of amides is 2. The number of rotatable bonds is 12. The van der Waals surface area contributed by atoms with Crippen molar-refractivity contribution in [3.05, 3.63) is 48.0 Å². The largest absolute Gasteiger partial charge is 0.465 e. The number of hydrogen-bond donors (Lipinski definition) is 4. The second kappa shape index (κ2) is 12.5. The predicted octanol–water partition coefficient (Wildman–Crippen LogP) is 5.49. The average Bonchev–Trinajstić information content (AvgIpc) is 3.60. The van der Waals surface area contributed by atoms with Crippen molar-refractivity contribution in [1.82, 2.24) is 25.3 Å². The number of benzene rings is 1. The molecule has 4 N–H and O–H groups in total. The van der Waals surface area contributed by atoms with Crippen LogP contribution in [0.3, 0.4) is 0 Å². The normalized spacial score (nSPS) is 14.4. The highest BCUT2D eigenvalue weighted by molar-refractivity contribution is 5.94. The third-order valence-corrected chi connectivity index (χ3v) is 6.89. The number of H-pyrrole nitrogens is 1. The third-order valence-electron chi connectivity index (χ3n) is 6.89. The smallest absolute Gasteiger partial charge is 0.416 e. The Labute approximate surface area is 228 Å². The molecule has 14 heteroatoms. The van der Waals surface area contributed by atoms with Crippen molar-refractivity contribution in [2.24, 2.45) is 5.41 Å². The molecule has 1 unspecified atom stereocenters. The fraction of sp³-hybridized carbons (Fsp3) is 0.500. The fourth-order valence-electron chi connectivity index (χ4n) is 4.30. The number of anilines is 1. The zero-order chi connectivity index (χ0) is 29.7. The lowest BCUT2D eigenvalue weighted by Crippen LogP contribution is -2.55. The predicted molar refractivity (Wildman–Crippen MR) is 138 cm³/mol. The molecule has 2 amide bonds. The summed E-state index contributed by atoms with van der Waals surface area (Å²) in [6.07, 6.45) is -4.54. The molecule has 0 aliphatic heterocycles. The van der Waals surface area contributed by atoms with Crippen molar-refractivity contribution in [3.8, 4) is 11.5 Å². The van der Waals surface area contributed by atoms with Gasteiger partial charge in [-0.2, -0.15) is 18.3 Å². The topological polar surface area (TPSA) is 157 Å². The molecule has 0 bridgehead atoms. The second-order valence-corrected chi connectivity index (χ2v) is 10.1. The summed E-state index contributed by atoms with van der Waals surface area (Å²) < 4.78 is 44.8. The van der Waals surface area contributed by atoms with E-state index in [0.29, 0.717) is 19.3 Å². The van der Waals surface area contributed by atoms with E-state index in [2.05, 4.69) is 25.7 Å². The summed E-state index contributed by atoms with van der Waals surface area (Å²) >= 11 is 0. The van der Waals surface area contributed by atoms with Crippen molar-refractivity contribution in [2.75, 3.05) is 5.32 Å². The van der Waals surface area contributed by atoms with Crippen molar-refractivity contribution < 1.29 is 37.4 Å². The minimum Gasteiger partial charge on any atom is -0.465 e. The van der Waals surface area contributed by atoms with Crippen molar-refractivity contribution >= 4 is 17.8 Å². The highest BCUT2D eigenvalue weighted by Crippen LogP contribution is 2.43. The van der Waals surface area contributed by atoms with Crippen molar-refractivity contribution in [2.45, 2.75) is 77.7 Å². The van der Waals surface area contributed by atoms with E-state index >= 15 is 0 Å². The summed E-state index contributed by atoms with van der Waals surface area (Å²) in [5, 5.41) is 38.4. The van der Waals surface area contributed by atoms with Gasteiger partial charge in [0.05, 0.1) is 17.8 Å². The summed E-state index contributed by atoms with van der Waals surface area (Å²) in [5.74, 6) is -0.829. The molecule has 3 aromatic rings. The first-order valence-corrected chi connectivity index (χ1v) is 12.8. The number of hydrogen-bond acceptors (Lipinski definition) is 7. The number of carboxylic acid groups (broad SMARTS) is 1. The molecule has 3 atom stereocenters. The summed E-state index contributed by atoms with van der Waals surface area (Å²) in [7, 11) is 0. The van der Waals surface area contributed by atoms with Crippen LogP contribution in [-0.2, 0) is 11.0 Å². The average molecular weight is 567 g/mol. The molecule has 0 saturated heterocycles. The number of nitrogens with zero attached hydrogens (tertiary/aromatic N) is 4. The summed E-state index contributed by atoms with van der Waals surface area (Å²) in [5.41, 5.74) is -1.46. The van der Waals surface area contributed by atoms with Gasteiger partial charge in [0.25, 0.3) is 5.91 Å². The van der Waals surface area contributed by atoms with Gasteiger partial charge in [0.15, 0.2) is 6.10 Å². The van der Waals surface area contributed by atoms with Gasteiger partial charge < -0.3 is 19.9 Å². The van der Waals surface area contributed by atoms with Gasteiger partial charge in [-0.05, 0) is 42.5 Å². The molecule has 218 valence electrons. The van der Waals surface area contributed by atoms with Crippen LogP contribution in [0.1, 0.15) is 70.9 Å². The zero-order valence-corrected chi connectivity index (χ0v) is 22.6. The number of aromatic nitrogens is 4. The van der Waals surface area contributed by atoms with Gasteiger partial charge in [-0.15, -0.1) is 10.2 Å². The fourth-order valence-corrected chi connectivity index (χ4v) is 4.30. The van der Waals surface area contributed by atoms with Crippen LogP contribution in [0.5, 0.6) is 0 Å². The van der Waals surface area contributed by atoms with Gasteiger partial charge >= 0.3 is 12.3 Å². The number of nitrogens with one attached hydrogen (secondary N) is 2. The molecule has 40 heavy (non-hydrogen) atoms. The van der Waals surface area contributed by atoms with E-state index in [4.69, 9.17) is 4.42 Å². The summed E-state index contributed by atoms with van der Waals surface area (Å²) in [6, 6.07) is 3.30. The summed E-state index contributed by atoms with van der Waals surface area (Å²) in [6.45, 7) is 7.29. The number of carbonyl (C=O) groups is 2. The number of aromatic amines is 1. The van der Waals surface area contributed by atoms with Gasteiger partial charge in [0.2, 0.25) is 11.8 Å². The van der Waals surface area contributed by atoms with E-state index in [1.54, 1.807) is 13.8 Å². The lowest BCUT2D eigenvalue weighted by atomic mass is 9.79. The molecule has 0 saturated carbocycles. The Balaban J connectivity index is 2.03. The Morgan fingerprint density at radius 2 is 1.80 bits per heavy atom.